The first-order chi connectivity index (χ1) is 7.43. The van der Waals surface area contributed by atoms with Gasteiger partial charge in [0.2, 0.25) is 5.91 Å². The SMILES string of the molecule is C[C@@H](N)C(=O)N(C)Cc1c(Cl)cccc1Cl. The number of likely N-dealkylation sites (N-methyl/N-ethyl adjacent to an activating group) is 1. The van der Waals surface area contributed by atoms with Crippen molar-refractivity contribution in [3.05, 3.63) is 33.8 Å². The highest BCUT2D eigenvalue weighted by atomic mass is 35.5. The van der Waals surface area contributed by atoms with E-state index >= 15 is 0 Å². The molecule has 0 fully saturated rings. The maximum atomic E-state index is 11.6. The Hall–Kier alpha value is -0.770. The number of rotatable bonds is 3. The summed E-state index contributed by atoms with van der Waals surface area (Å²) in [6.45, 7) is 2.01. The lowest BCUT2D eigenvalue weighted by atomic mass is 10.2. The molecule has 3 nitrogen and oxygen atoms in total. The molecule has 0 aliphatic heterocycles. The van der Waals surface area contributed by atoms with E-state index in [0.717, 1.165) is 5.56 Å². The summed E-state index contributed by atoms with van der Waals surface area (Å²) in [6, 6.07) is 4.73. The zero-order valence-electron chi connectivity index (χ0n) is 9.21. The number of hydrogen-bond acceptors (Lipinski definition) is 2. The van der Waals surface area contributed by atoms with Crippen LogP contribution in [-0.2, 0) is 11.3 Å². The van der Waals surface area contributed by atoms with Gasteiger partial charge in [-0.2, -0.15) is 0 Å². The molecule has 0 unspecified atom stereocenters. The quantitative estimate of drug-likeness (QED) is 0.907. The van der Waals surface area contributed by atoms with Gasteiger partial charge in [0, 0.05) is 29.2 Å². The number of hydrogen-bond donors (Lipinski definition) is 1. The van der Waals surface area contributed by atoms with Crippen molar-refractivity contribution in [3.63, 3.8) is 0 Å². The summed E-state index contributed by atoms with van der Waals surface area (Å²) < 4.78 is 0. The van der Waals surface area contributed by atoms with E-state index in [1.165, 1.54) is 4.90 Å². The Morgan fingerprint density at radius 2 is 1.94 bits per heavy atom. The molecule has 0 heterocycles. The normalized spacial score (nSPS) is 12.3. The van der Waals surface area contributed by atoms with Gasteiger partial charge >= 0.3 is 0 Å². The zero-order chi connectivity index (χ0) is 12.3. The van der Waals surface area contributed by atoms with E-state index in [9.17, 15) is 4.79 Å². The predicted octanol–water partition coefficient (Wildman–Crippen LogP) is 2.30. The van der Waals surface area contributed by atoms with Gasteiger partial charge < -0.3 is 10.6 Å². The van der Waals surface area contributed by atoms with E-state index in [0.29, 0.717) is 16.6 Å². The van der Waals surface area contributed by atoms with Crippen LogP contribution in [0, 0.1) is 0 Å². The largest absolute Gasteiger partial charge is 0.340 e. The smallest absolute Gasteiger partial charge is 0.239 e. The third-order valence-electron chi connectivity index (χ3n) is 2.22. The molecule has 1 rings (SSSR count). The lowest BCUT2D eigenvalue weighted by Gasteiger charge is -2.20. The molecular formula is C11H14Cl2N2O. The van der Waals surface area contributed by atoms with E-state index in [4.69, 9.17) is 28.9 Å². The summed E-state index contributed by atoms with van der Waals surface area (Å²) >= 11 is 12.0. The molecular weight excluding hydrogens is 247 g/mol. The molecule has 0 radical (unpaired) electrons. The first kappa shape index (κ1) is 13.3. The number of nitrogens with two attached hydrogens (primary N) is 1. The first-order valence-corrected chi connectivity index (χ1v) is 5.62. The molecule has 0 saturated carbocycles. The molecule has 0 spiro atoms. The van der Waals surface area contributed by atoms with E-state index in [1.807, 2.05) is 0 Å². The van der Waals surface area contributed by atoms with Gasteiger partial charge in [0.25, 0.3) is 0 Å². The molecule has 5 heteroatoms. The lowest BCUT2D eigenvalue weighted by Crippen LogP contribution is -2.39. The van der Waals surface area contributed by atoms with Crippen molar-refractivity contribution in [1.82, 2.24) is 4.90 Å². The molecule has 0 aromatic heterocycles. The topological polar surface area (TPSA) is 46.3 Å². The Morgan fingerprint density at radius 3 is 2.38 bits per heavy atom. The van der Waals surface area contributed by atoms with Crippen molar-refractivity contribution in [2.24, 2.45) is 5.73 Å². The highest BCUT2D eigenvalue weighted by Crippen LogP contribution is 2.25. The maximum Gasteiger partial charge on any atom is 0.239 e. The van der Waals surface area contributed by atoms with Gasteiger partial charge in [-0.15, -0.1) is 0 Å². The van der Waals surface area contributed by atoms with Crippen molar-refractivity contribution in [1.29, 1.82) is 0 Å². The molecule has 88 valence electrons. The molecule has 0 bridgehead atoms. The maximum absolute atomic E-state index is 11.6. The highest BCUT2D eigenvalue weighted by Gasteiger charge is 2.16. The summed E-state index contributed by atoms with van der Waals surface area (Å²) in [5.41, 5.74) is 6.25. The van der Waals surface area contributed by atoms with Gasteiger partial charge in [-0.1, -0.05) is 29.3 Å². The van der Waals surface area contributed by atoms with Crippen LogP contribution in [0.4, 0.5) is 0 Å². The van der Waals surface area contributed by atoms with Gasteiger partial charge in [-0.05, 0) is 19.1 Å². The third-order valence-corrected chi connectivity index (χ3v) is 2.93. The van der Waals surface area contributed by atoms with Crippen molar-refractivity contribution in [2.75, 3.05) is 7.05 Å². The molecule has 0 saturated heterocycles. The molecule has 1 aromatic carbocycles. The number of carbonyl (C=O) groups is 1. The van der Waals surface area contributed by atoms with Gasteiger partial charge in [-0.3, -0.25) is 4.79 Å². The molecule has 0 aliphatic carbocycles. The van der Waals surface area contributed by atoms with Crippen LogP contribution in [-0.4, -0.2) is 23.9 Å². The minimum absolute atomic E-state index is 0.143. The van der Waals surface area contributed by atoms with Crippen molar-refractivity contribution in [3.8, 4) is 0 Å². The number of carbonyl (C=O) groups excluding carboxylic acids is 1. The minimum Gasteiger partial charge on any atom is -0.340 e. The Labute approximate surface area is 105 Å². The summed E-state index contributed by atoms with van der Waals surface area (Å²) in [6.07, 6.45) is 0. The second-order valence-corrected chi connectivity index (χ2v) is 4.50. The Bertz CT molecular complexity index is 373. The van der Waals surface area contributed by atoms with Gasteiger partial charge in [0.05, 0.1) is 6.04 Å². The summed E-state index contributed by atoms with van der Waals surface area (Å²) in [5, 5.41) is 1.11. The van der Waals surface area contributed by atoms with Crippen molar-refractivity contribution in [2.45, 2.75) is 19.5 Å². The third kappa shape index (κ3) is 3.11. The number of nitrogens with zero attached hydrogens (tertiary/aromatic N) is 1. The average Bonchev–Trinajstić information content (AvgIpc) is 2.22. The van der Waals surface area contributed by atoms with Crippen LogP contribution in [0.25, 0.3) is 0 Å². The van der Waals surface area contributed by atoms with Crippen LogP contribution < -0.4 is 5.73 Å². The van der Waals surface area contributed by atoms with Crippen LogP contribution in [0.5, 0.6) is 0 Å². The minimum atomic E-state index is -0.522. The zero-order valence-corrected chi connectivity index (χ0v) is 10.7. The fourth-order valence-electron chi connectivity index (χ4n) is 1.35. The molecule has 1 atom stereocenters. The van der Waals surface area contributed by atoms with Crippen LogP contribution in [0.2, 0.25) is 10.0 Å². The predicted molar refractivity (Wildman–Crippen MR) is 66.6 cm³/mol. The van der Waals surface area contributed by atoms with E-state index < -0.39 is 6.04 Å². The Morgan fingerprint density at radius 1 is 1.44 bits per heavy atom. The molecule has 0 aliphatic rings. The summed E-state index contributed by atoms with van der Waals surface area (Å²) in [4.78, 5) is 13.1. The fourth-order valence-corrected chi connectivity index (χ4v) is 1.86. The Balaban J connectivity index is 2.85. The summed E-state index contributed by atoms with van der Waals surface area (Å²) in [5.74, 6) is -0.143. The first-order valence-electron chi connectivity index (χ1n) is 4.87. The van der Waals surface area contributed by atoms with Crippen LogP contribution in [0.1, 0.15) is 12.5 Å². The number of amides is 1. The van der Waals surface area contributed by atoms with Crippen LogP contribution >= 0.6 is 23.2 Å². The average molecular weight is 261 g/mol. The highest BCUT2D eigenvalue weighted by molar-refractivity contribution is 6.36. The van der Waals surface area contributed by atoms with Crippen molar-refractivity contribution >= 4 is 29.1 Å². The van der Waals surface area contributed by atoms with Crippen LogP contribution in [0.3, 0.4) is 0 Å². The molecule has 1 aromatic rings. The number of benzene rings is 1. The second-order valence-electron chi connectivity index (χ2n) is 3.68. The van der Waals surface area contributed by atoms with E-state index in [1.54, 1.807) is 32.2 Å². The molecule has 1 amide bonds. The van der Waals surface area contributed by atoms with Gasteiger partial charge in [0.1, 0.15) is 0 Å². The van der Waals surface area contributed by atoms with E-state index in [-0.39, 0.29) is 5.91 Å². The summed E-state index contributed by atoms with van der Waals surface area (Å²) in [7, 11) is 1.67. The molecule has 16 heavy (non-hydrogen) atoms. The number of halogens is 2. The Kier molecular flexibility index (Phi) is 4.59. The monoisotopic (exact) mass is 260 g/mol. The molecule has 2 N–H and O–H groups in total. The second kappa shape index (κ2) is 5.53. The van der Waals surface area contributed by atoms with Gasteiger partial charge in [0.15, 0.2) is 0 Å². The van der Waals surface area contributed by atoms with Gasteiger partial charge in [-0.25, -0.2) is 0 Å². The standard InChI is InChI=1S/C11H14Cl2N2O/c1-7(14)11(16)15(2)6-8-9(12)4-3-5-10(8)13/h3-5,7H,6,14H2,1-2H3/t7-/m1/s1. The fraction of sp³-hybridized carbons (Fsp3) is 0.364. The van der Waals surface area contributed by atoms with Crippen molar-refractivity contribution < 1.29 is 4.79 Å². The van der Waals surface area contributed by atoms with E-state index in [2.05, 4.69) is 0 Å². The lowest BCUT2D eigenvalue weighted by molar-refractivity contribution is -0.131. The van der Waals surface area contributed by atoms with Crippen LogP contribution in [0.15, 0.2) is 18.2 Å².